The Morgan fingerprint density at radius 1 is 1.17 bits per heavy atom. The lowest BCUT2D eigenvalue weighted by molar-refractivity contribution is 0.0482. The number of benzene rings is 2. The molecule has 2 aliphatic rings. The summed E-state index contributed by atoms with van der Waals surface area (Å²) in [6.07, 6.45) is 3.50. The van der Waals surface area contributed by atoms with Crippen molar-refractivity contribution < 1.29 is 4.74 Å². The minimum absolute atomic E-state index is 0.0351. The van der Waals surface area contributed by atoms with Crippen molar-refractivity contribution in [3.8, 4) is 0 Å². The van der Waals surface area contributed by atoms with Crippen LogP contribution < -0.4 is 15.6 Å². The smallest absolute Gasteiger partial charge is 0.261 e. The zero-order valence-electron chi connectivity index (χ0n) is 21.8. The topological polar surface area (TPSA) is 76.6 Å². The molecule has 2 N–H and O–H groups in total. The second-order valence-corrected chi connectivity index (χ2v) is 11.1. The van der Waals surface area contributed by atoms with Gasteiger partial charge in [-0.2, -0.15) is 0 Å². The lowest BCUT2D eigenvalue weighted by atomic mass is 10.1. The number of methoxy groups -OCH3 is 1. The Labute approximate surface area is 217 Å². The third-order valence-corrected chi connectivity index (χ3v) is 8.58. The van der Waals surface area contributed by atoms with Crippen molar-refractivity contribution in [3.63, 3.8) is 0 Å². The fraction of sp³-hybridized carbons (Fsp3) is 0.500. The average Bonchev–Trinajstić information content (AvgIpc) is 3.65. The standard InChI is InChI=1S/C28H37N5O2S/c1-19-15-24(36-29)7-5-22(19)9-12-33-21(3)30-26-16-23(6-8-25(26)27(33)34)31-13-14-32(17-20(2)35-4)28(18-31)10-11-28/h5-8,15-16,20H,9-14,17-18,29H2,1-4H3. The predicted molar refractivity (Wildman–Crippen MR) is 148 cm³/mol. The quantitative estimate of drug-likeness (QED) is 0.463. The Bertz CT molecular complexity index is 1320. The van der Waals surface area contributed by atoms with Crippen molar-refractivity contribution in [3.05, 3.63) is 63.7 Å². The van der Waals surface area contributed by atoms with E-state index in [1.54, 1.807) is 7.11 Å². The molecule has 1 saturated heterocycles. The molecule has 36 heavy (non-hydrogen) atoms. The number of nitrogens with zero attached hydrogens (tertiary/aromatic N) is 4. The average molecular weight is 508 g/mol. The summed E-state index contributed by atoms with van der Waals surface area (Å²) in [6.45, 7) is 10.8. The van der Waals surface area contributed by atoms with E-state index in [-0.39, 0.29) is 17.2 Å². The van der Waals surface area contributed by atoms with E-state index in [2.05, 4.69) is 47.9 Å². The molecule has 3 aromatic rings. The first-order valence-electron chi connectivity index (χ1n) is 12.8. The monoisotopic (exact) mass is 507 g/mol. The summed E-state index contributed by atoms with van der Waals surface area (Å²) in [5.74, 6) is 0.758. The van der Waals surface area contributed by atoms with Gasteiger partial charge in [0.25, 0.3) is 5.56 Å². The third-order valence-electron chi connectivity index (χ3n) is 8.05. The highest BCUT2D eigenvalue weighted by molar-refractivity contribution is 7.97. The highest BCUT2D eigenvalue weighted by Crippen LogP contribution is 2.45. The number of fused-ring (bicyclic) bond motifs is 1. The van der Waals surface area contributed by atoms with E-state index >= 15 is 0 Å². The maximum absolute atomic E-state index is 13.4. The highest BCUT2D eigenvalue weighted by Gasteiger charge is 2.51. The van der Waals surface area contributed by atoms with Crippen molar-refractivity contribution in [2.75, 3.05) is 38.2 Å². The molecule has 5 rings (SSSR count). The number of hydrogen-bond acceptors (Lipinski definition) is 7. The first-order valence-corrected chi connectivity index (χ1v) is 13.7. The molecule has 1 aromatic heterocycles. The largest absolute Gasteiger partial charge is 0.380 e. The van der Waals surface area contributed by atoms with Crippen molar-refractivity contribution in [1.82, 2.24) is 14.5 Å². The normalized spacial score (nSPS) is 18.2. The second kappa shape index (κ2) is 10.2. The first-order chi connectivity index (χ1) is 17.3. The van der Waals surface area contributed by atoms with Crippen LogP contribution in [0, 0.1) is 13.8 Å². The van der Waals surface area contributed by atoms with E-state index < -0.39 is 0 Å². The zero-order chi connectivity index (χ0) is 25.4. The first kappa shape index (κ1) is 25.3. The SMILES string of the molecule is COC(C)CN1CCN(c2ccc3c(=O)n(CCc4ccc(SN)cc4C)c(C)nc3c2)CC12CC2. The number of rotatable bonds is 8. The molecule has 0 bridgehead atoms. The van der Waals surface area contributed by atoms with Gasteiger partial charge in [-0.1, -0.05) is 6.07 Å². The lowest BCUT2D eigenvalue weighted by Crippen LogP contribution is -2.56. The van der Waals surface area contributed by atoms with Crippen LogP contribution in [0.3, 0.4) is 0 Å². The molecule has 1 saturated carbocycles. The van der Waals surface area contributed by atoms with Crippen LogP contribution in [0.15, 0.2) is 46.1 Å². The molecule has 1 aliphatic heterocycles. The van der Waals surface area contributed by atoms with Crippen LogP contribution in [0.4, 0.5) is 5.69 Å². The van der Waals surface area contributed by atoms with Gasteiger partial charge in [-0.15, -0.1) is 0 Å². The van der Waals surface area contributed by atoms with Gasteiger partial charge in [0.1, 0.15) is 5.82 Å². The Morgan fingerprint density at radius 3 is 2.67 bits per heavy atom. The minimum Gasteiger partial charge on any atom is -0.380 e. The maximum atomic E-state index is 13.4. The summed E-state index contributed by atoms with van der Waals surface area (Å²) in [7, 11) is 1.79. The van der Waals surface area contributed by atoms with E-state index in [1.165, 1.54) is 35.9 Å². The van der Waals surface area contributed by atoms with E-state index in [9.17, 15) is 4.79 Å². The number of ether oxygens (including phenoxy) is 1. The Balaban J connectivity index is 1.34. The molecule has 0 amide bonds. The van der Waals surface area contributed by atoms with E-state index in [0.29, 0.717) is 11.9 Å². The molecular weight excluding hydrogens is 470 g/mol. The predicted octanol–water partition coefficient (Wildman–Crippen LogP) is 3.91. The van der Waals surface area contributed by atoms with Crippen LogP contribution in [0.2, 0.25) is 0 Å². The number of aryl methyl sites for hydroxylation is 3. The summed E-state index contributed by atoms with van der Waals surface area (Å²) in [5, 5.41) is 6.37. The van der Waals surface area contributed by atoms with Crippen molar-refractivity contribution in [2.24, 2.45) is 5.14 Å². The summed E-state index contributed by atoms with van der Waals surface area (Å²) >= 11 is 1.25. The molecule has 1 atom stereocenters. The summed E-state index contributed by atoms with van der Waals surface area (Å²) in [6, 6.07) is 12.4. The van der Waals surface area contributed by atoms with Gasteiger partial charge >= 0.3 is 0 Å². The number of piperazine rings is 1. The Morgan fingerprint density at radius 2 is 1.97 bits per heavy atom. The molecular formula is C28H37N5O2S. The molecule has 2 fully saturated rings. The van der Waals surface area contributed by atoms with Gasteiger partial charge in [0.05, 0.1) is 17.0 Å². The van der Waals surface area contributed by atoms with Gasteiger partial charge in [0, 0.05) is 56.0 Å². The lowest BCUT2D eigenvalue weighted by Gasteiger charge is -2.44. The summed E-state index contributed by atoms with van der Waals surface area (Å²) in [5.41, 5.74) is 4.67. The zero-order valence-corrected chi connectivity index (χ0v) is 22.6. The van der Waals surface area contributed by atoms with Crippen LogP contribution in [-0.4, -0.2) is 59.4 Å². The summed E-state index contributed by atoms with van der Waals surface area (Å²) in [4.78, 5) is 24.4. The molecule has 192 valence electrons. The van der Waals surface area contributed by atoms with Crippen molar-refractivity contribution in [2.45, 2.75) is 63.1 Å². The van der Waals surface area contributed by atoms with Crippen molar-refractivity contribution in [1.29, 1.82) is 0 Å². The van der Waals surface area contributed by atoms with Gasteiger partial charge in [-0.05, 0) is 93.4 Å². The van der Waals surface area contributed by atoms with Crippen LogP contribution in [0.1, 0.15) is 36.7 Å². The number of hydrogen-bond donors (Lipinski definition) is 1. The number of anilines is 1. The fourth-order valence-electron chi connectivity index (χ4n) is 5.56. The maximum Gasteiger partial charge on any atom is 0.261 e. The Hall–Kier alpha value is -2.39. The van der Waals surface area contributed by atoms with Crippen LogP contribution in [0.25, 0.3) is 10.9 Å². The summed E-state index contributed by atoms with van der Waals surface area (Å²) < 4.78 is 7.33. The van der Waals surface area contributed by atoms with Crippen LogP contribution >= 0.6 is 11.9 Å². The van der Waals surface area contributed by atoms with Gasteiger partial charge < -0.3 is 9.64 Å². The van der Waals surface area contributed by atoms with Gasteiger partial charge in [-0.25, -0.2) is 4.98 Å². The van der Waals surface area contributed by atoms with Gasteiger partial charge in [-0.3, -0.25) is 19.4 Å². The Kier molecular flexibility index (Phi) is 7.14. The molecule has 1 spiro atoms. The molecule has 2 heterocycles. The highest BCUT2D eigenvalue weighted by atomic mass is 32.2. The van der Waals surface area contributed by atoms with Gasteiger partial charge in [0.15, 0.2) is 0 Å². The third kappa shape index (κ3) is 4.92. The molecule has 2 aromatic carbocycles. The van der Waals surface area contributed by atoms with Gasteiger partial charge in [0.2, 0.25) is 0 Å². The number of aromatic nitrogens is 2. The molecule has 1 aliphatic carbocycles. The molecule has 0 radical (unpaired) electrons. The van der Waals surface area contributed by atoms with Crippen LogP contribution in [-0.2, 0) is 17.7 Å². The molecule has 7 nitrogen and oxygen atoms in total. The van der Waals surface area contributed by atoms with E-state index in [0.717, 1.165) is 54.5 Å². The minimum atomic E-state index is 0.0351. The van der Waals surface area contributed by atoms with E-state index in [4.69, 9.17) is 14.9 Å². The molecule has 8 heteroatoms. The van der Waals surface area contributed by atoms with E-state index in [1.807, 2.05) is 23.6 Å². The van der Waals surface area contributed by atoms with Crippen molar-refractivity contribution >= 4 is 28.5 Å². The van der Waals surface area contributed by atoms with Crippen LogP contribution in [0.5, 0.6) is 0 Å². The second-order valence-electron chi connectivity index (χ2n) is 10.4. The molecule has 1 unspecified atom stereocenters. The fourth-order valence-corrected chi connectivity index (χ4v) is 5.95. The number of nitrogens with two attached hydrogens (primary N) is 1.